The second-order valence-corrected chi connectivity index (χ2v) is 26.4. The van der Waals surface area contributed by atoms with Crippen molar-refractivity contribution in [2.24, 2.45) is 10.8 Å². The summed E-state index contributed by atoms with van der Waals surface area (Å²) in [6.45, 7) is 16.5. The number of carbonyl (C=O) groups excluding carboxylic acids is 2. The van der Waals surface area contributed by atoms with Crippen molar-refractivity contribution < 1.29 is 19.5 Å². The summed E-state index contributed by atoms with van der Waals surface area (Å²) in [5.74, 6) is -2.39. The number of benzene rings is 10. The highest BCUT2D eigenvalue weighted by atomic mass is 16.4. The molecule has 11 aromatic rings. The molecule has 0 fully saturated rings. The highest BCUT2D eigenvalue weighted by Crippen LogP contribution is 2.54. The molecule has 0 radical (unpaired) electrons. The fraction of sp³-hybridized carbons (Fsp3) is 0.250. The maximum atomic E-state index is 14.0. The van der Waals surface area contributed by atoms with Gasteiger partial charge in [0.25, 0.3) is 11.8 Å². The van der Waals surface area contributed by atoms with E-state index < -0.39 is 24.3 Å². The van der Waals surface area contributed by atoms with E-state index in [2.05, 4.69) is 173 Å². The molecule has 0 saturated heterocycles. The normalized spacial score (nSPS) is 15.7. The molecule has 83 heavy (non-hydrogen) atoms. The number of anilines is 3. The topological polar surface area (TPSA) is 82.8 Å². The van der Waals surface area contributed by atoms with E-state index >= 15 is 0 Å². The maximum absolute atomic E-state index is 14.0. The van der Waals surface area contributed by atoms with Crippen molar-refractivity contribution in [2.45, 2.75) is 106 Å². The van der Waals surface area contributed by atoms with E-state index in [0.29, 0.717) is 16.5 Å². The lowest BCUT2D eigenvalue weighted by Crippen LogP contribution is -2.43. The van der Waals surface area contributed by atoms with Gasteiger partial charge in [-0.15, -0.1) is 0 Å². The van der Waals surface area contributed by atoms with E-state index in [-0.39, 0.29) is 10.8 Å². The quantitative estimate of drug-likeness (QED) is 0.0639. The largest absolute Gasteiger partial charge is 0.480 e. The van der Waals surface area contributed by atoms with Gasteiger partial charge in [0.2, 0.25) is 0 Å². The predicted molar refractivity (Wildman–Crippen MR) is 345 cm³/mol. The number of aryl methyl sites for hydroxylation is 1. The number of fused-ring (bicyclic) bond motifs is 6. The Kier molecular flexibility index (Phi) is 10.6. The molecule has 4 aliphatic carbocycles. The van der Waals surface area contributed by atoms with Gasteiger partial charge < -0.3 is 14.6 Å². The van der Waals surface area contributed by atoms with E-state index in [0.717, 1.165) is 106 Å². The number of aliphatic carboxylic acids is 1. The number of unbranched alkanes of at least 4 members (excludes halogenated alkanes) is 3. The molecule has 0 spiro atoms. The molecule has 408 valence electrons. The first kappa shape index (κ1) is 50.0. The second kappa shape index (κ2) is 17.6. The Balaban J connectivity index is 0.970. The number of hydrogen-bond acceptors (Lipinski definition) is 4. The van der Waals surface area contributed by atoms with Gasteiger partial charge in [-0.1, -0.05) is 176 Å². The zero-order valence-corrected chi connectivity index (χ0v) is 48.4. The summed E-state index contributed by atoms with van der Waals surface area (Å²) >= 11 is 0. The second-order valence-electron chi connectivity index (χ2n) is 26.4. The van der Waals surface area contributed by atoms with Crippen LogP contribution < -0.4 is 4.90 Å². The molecule has 0 unspecified atom stereocenters. The van der Waals surface area contributed by atoms with Gasteiger partial charge in [-0.25, -0.2) is 0 Å². The number of carbonyl (C=O) groups is 3. The van der Waals surface area contributed by atoms with Crippen LogP contribution in [0.1, 0.15) is 141 Å². The predicted octanol–water partition coefficient (Wildman–Crippen LogP) is 19.4. The molecule has 1 aromatic heterocycles. The zero-order valence-electron chi connectivity index (χ0n) is 48.4. The van der Waals surface area contributed by atoms with Gasteiger partial charge in [-0.05, 0) is 184 Å². The van der Waals surface area contributed by atoms with Crippen molar-refractivity contribution in [1.82, 2.24) is 9.47 Å². The van der Waals surface area contributed by atoms with E-state index in [9.17, 15) is 19.5 Å². The summed E-state index contributed by atoms with van der Waals surface area (Å²) < 4.78 is 2.59. The number of amides is 2. The lowest BCUT2D eigenvalue weighted by molar-refractivity contribution is -0.137. The molecule has 0 saturated carbocycles. The Bertz CT molecular complexity index is 4940. The van der Waals surface area contributed by atoms with Crippen LogP contribution in [0.3, 0.4) is 0 Å². The summed E-state index contributed by atoms with van der Waals surface area (Å²) in [6, 6.07) is 42.9. The Morgan fingerprint density at radius 2 is 1.18 bits per heavy atom. The number of allylic oxidation sites excluding steroid dienone is 6. The fourth-order valence-electron chi connectivity index (χ4n) is 15.5. The van der Waals surface area contributed by atoms with E-state index in [1.54, 1.807) is 12.1 Å². The molecule has 1 N–H and O–H groups in total. The van der Waals surface area contributed by atoms with Crippen LogP contribution in [0.4, 0.5) is 17.1 Å². The van der Waals surface area contributed by atoms with E-state index in [4.69, 9.17) is 0 Å². The number of hydrogen-bond donors (Lipinski definition) is 1. The van der Waals surface area contributed by atoms with Crippen LogP contribution in [-0.2, 0) is 24.2 Å². The number of carboxylic acid groups (broad SMARTS) is 1. The molecule has 0 bridgehead atoms. The zero-order chi connectivity index (χ0) is 56.7. The summed E-state index contributed by atoms with van der Waals surface area (Å²) in [5.41, 5.74) is 20.7. The van der Waals surface area contributed by atoms with Crippen molar-refractivity contribution in [3.05, 3.63) is 183 Å². The van der Waals surface area contributed by atoms with Crippen molar-refractivity contribution in [1.29, 1.82) is 0 Å². The minimum Gasteiger partial charge on any atom is -0.480 e. The van der Waals surface area contributed by atoms with Crippen LogP contribution in [0, 0.1) is 10.8 Å². The third-order valence-corrected chi connectivity index (χ3v) is 19.6. The van der Waals surface area contributed by atoms with Gasteiger partial charge in [0.05, 0.1) is 22.4 Å². The number of carboxylic acids is 1. The molecule has 7 heteroatoms. The van der Waals surface area contributed by atoms with Gasteiger partial charge in [0, 0.05) is 44.9 Å². The highest BCUT2D eigenvalue weighted by molar-refractivity contribution is 6.41. The summed E-state index contributed by atoms with van der Waals surface area (Å²) in [7, 11) is 0. The molecule has 16 rings (SSSR count). The van der Waals surface area contributed by atoms with Crippen molar-refractivity contribution in [3.8, 4) is 0 Å². The lowest BCUT2D eigenvalue weighted by Gasteiger charge is -2.35. The molecule has 2 amide bonds. The number of imide groups is 1. The first-order valence-electron chi connectivity index (χ1n) is 30.0. The lowest BCUT2D eigenvalue weighted by atomic mass is 9.73. The summed E-state index contributed by atoms with van der Waals surface area (Å²) in [4.78, 5) is 43.5. The third-order valence-electron chi connectivity index (χ3n) is 19.6. The van der Waals surface area contributed by atoms with Crippen LogP contribution in [0.2, 0.25) is 0 Å². The van der Waals surface area contributed by atoms with Crippen LogP contribution in [0.15, 0.2) is 139 Å². The average Bonchev–Trinajstić information content (AvgIpc) is 2.00. The maximum Gasteiger partial charge on any atom is 0.323 e. The molecule has 7 nitrogen and oxygen atoms in total. The van der Waals surface area contributed by atoms with E-state index in [1.165, 1.54) is 110 Å². The van der Waals surface area contributed by atoms with Gasteiger partial charge in [-0.3, -0.25) is 19.3 Å². The average molecular weight is 1080 g/mol. The van der Waals surface area contributed by atoms with Gasteiger partial charge in [0.15, 0.2) is 0 Å². The Morgan fingerprint density at radius 1 is 0.554 bits per heavy atom. The SMILES string of the molecule is CCCCCCn1c2cc(N(c3ccc4ccc5c6c4c3CC=C6CC(C(C)(C)C)=C5)c3ccc4c5c6c(ccc35)C=C(C(C)(C)C)CC6=CC4)ccc2c2c3cccc4c5ccc6c7c(ccc(c(cc21)c43)c75)C(=O)N(CC(=O)O)C6=O. The monoisotopic (exact) mass is 1080 g/mol. The van der Waals surface area contributed by atoms with E-state index in [1.807, 2.05) is 12.1 Å². The minimum atomic E-state index is -1.23. The Hall–Kier alpha value is -8.81. The van der Waals surface area contributed by atoms with Gasteiger partial charge in [0.1, 0.15) is 6.54 Å². The summed E-state index contributed by atoms with van der Waals surface area (Å²) in [5, 5.41) is 25.3. The number of rotatable bonds is 10. The van der Waals surface area contributed by atoms with Crippen LogP contribution in [-0.4, -0.2) is 38.9 Å². The Morgan fingerprint density at radius 3 is 1.89 bits per heavy atom. The van der Waals surface area contributed by atoms with Gasteiger partial charge in [-0.2, -0.15) is 0 Å². The van der Waals surface area contributed by atoms with Gasteiger partial charge >= 0.3 is 5.97 Å². The minimum absolute atomic E-state index is 0.0706. The van der Waals surface area contributed by atoms with Crippen molar-refractivity contribution in [2.75, 3.05) is 11.4 Å². The third kappa shape index (κ3) is 7.12. The van der Waals surface area contributed by atoms with Crippen LogP contribution in [0.25, 0.3) is 110 Å². The first-order valence-corrected chi connectivity index (χ1v) is 30.0. The summed E-state index contributed by atoms with van der Waals surface area (Å²) in [6.07, 6.45) is 18.1. The first-order chi connectivity index (χ1) is 40.0. The number of nitrogens with zero attached hydrogens (tertiary/aromatic N) is 3. The molecule has 0 atom stereocenters. The molecular formula is C76H65N3O4. The van der Waals surface area contributed by atoms with Crippen molar-refractivity contribution in [3.63, 3.8) is 0 Å². The smallest absolute Gasteiger partial charge is 0.323 e. The van der Waals surface area contributed by atoms with Crippen LogP contribution >= 0.6 is 0 Å². The highest BCUT2D eigenvalue weighted by Gasteiger charge is 2.37. The molecular weight excluding hydrogens is 1020 g/mol. The molecule has 1 aliphatic heterocycles. The molecule has 5 aliphatic rings. The fourth-order valence-corrected chi connectivity index (χ4v) is 15.5. The van der Waals surface area contributed by atoms with Crippen molar-refractivity contribution >= 4 is 145 Å². The standard InChI is InChI=1S/C76H65N3O4/c1-8-9-10-11-33-77-62-38-49(23-26-55(62)70-56-14-12-13-50-51-27-29-57-72-58(74(83)78(73(57)82)40-64(80)81)30-28-52(71(51)72)59(69(50)56)39-63(70)77)79(60-31-21-41-15-17-43-34-47(75(2,3)4)36-45-19-24-53(60)67(41)65(43)45)61-32-22-42-16-18-44-35-48(76(5,6)7)37-46-20-25-54(61)68(42)66(44)46/h12-15,17-23,25-32,34,37-39H,8-11,16,24,33,35-36,40H2,1-7H3,(H,80,81). The Labute approximate surface area is 482 Å². The molecule has 10 aromatic carbocycles. The number of aromatic nitrogens is 1. The van der Waals surface area contributed by atoms with Crippen LogP contribution in [0.5, 0.6) is 0 Å². The molecule has 2 heterocycles.